The normalized spacial score (nSPS) is 14.5. The summed E-state index contributed by atoms with van der Waals surface area (Å²) in [5, 5.41) is 5.74. The Morgan fingerprint density at radius 3 is 2.50 bits per heavy atom. The van der Waals surface area contributed by atoms with Crippen molar-refractivity contribution in [2.24, 2.45) is 0 Å². The molecule has 1 aliphatic carbocycles. The van der Waals surface area contributed by atoms with Crippen LogP contribution in [0.1, 0.15) is 54.3 Å². The van der Waals surface area contributed by atoms with Crippen LogP contribution in [-0.4, -0.2) is 42.4 Å². The molecule has 1 saturated carbocycles. The van der Waals surface area contributed by atoms with Crippen molar-refractivity contribution in [3.05, 3.63) is 78.5 Å². The van der Waals surface area contributed by atoms with Gasteiger partial charge >= 0.3 is 0 Å². The fourth-order valence-electron chi connectivity index (χ4n) is 4.47. The summed E-state index contributed by atoms with van der Waals surface area (Å²) in [4.78, 5) is 45.4. The first kappa shape index (κ1) is 25.0. The second kappa shape index (κ2) is 12.0. The van der Waals surface area contributed by atoms with Gasteiger partial charge in [-0.05, 0) is 54.8 Å². The maximum Gasteiger partial charge on any atom is 0.287 e. The second-order valence-corrected chi connectivity index (χ2v) is 8.62. The van der Waals surface area contributed by atoms with Crippen molar-refractivity contribution in [2.45, 2.75) is 44.2 Å². The molecule has 3 amide bonds. The minimum absolute atomic E-state index is 0.0452. The molecule has 0 radical (unpaired) electrons. The highest BCUT2D eigenvalue weighted by molar-refractivity contribution is 6.05. The summed E-state index contributed by atoms with van der Waals surface area (Å²) in [6.45, 7) is -0.351. The molecule has 2 N–H and O–H groups in total. The Labute approximate surface area is 209 Å². The highest BCUT2D eigenvalue weighted by Crippen LogP contribution is 2.35. The van der Waals surface area contributed by atoms with Crippen molar-refractivity contribution in [1.29, 1.82) is 0 Å². The number of nitrogens with one attached hydrogen (secondary N) is 2. The molecule has 3 aromatic rings. The summed E-state index contributed by atoms with van der Waals surface area (Å²) < 4.78 is 10.7. The first-order valence-electron chi connectivity index (χ1n) is 12.1. The van der Waals surface area contributed by atoms with E-state index in [0.29, 0.717) is 17.0 Å². The van der Waals surface area contributed by atoms with Crippen LogP contribution in [0.3, 0.4) is 0 Å². The van der Waals surface area contributed by atoms with E-state index >= 15 is 0 Å². The molecule has 2 heterocycles. The lowest BCUT2D eigenvalue weighted by molar-refractivity contribution is -0.127. The lowest BCUT2D eigenvalue weighted by Gasteiger charge is -2.34. The molecule has 9 heteroatoms. The SMILES string of the molecule is COc1ccccc1N(C(=O)CNC(=O)c1ccco1)[C@@H](C(=O)NC1CCCCC1)c1ccncc1. The van der Waals surface area contributed by atoms with Gasteiger partial charge < -0.3 is 19.8 Å². The monoisotopic (exact) mass is 490 g/mol. The summed E-state index contributed by atoms with van der Waals surface area (Å²) in [6.07, 6.45) is 9.61. The number of carbonyl (C=O) groups excluding carboxylic acids is 3. The summed E-state index contributed by atoms with van der Waals surface area (Å²) in [5.74, 6) is -0.801. The molecule has 1 atom stereocenters. The molecule has 36 heavy (non-hydrogen) atoms. The Kier molecular flexibility index (Phi) is 8.33. The van der Waals surface area contributed by atoms with Crippen LogP contribution in [-0.2, 0) is 9.59 Å². The molecule has 0 unspecified atom stereocenters. The van der Waals surface area contributed by atoms with Crippen molar-refractivity contribution in [3.8, 4) is 5.75 Å². The number of anilines is 1. The molecule has 1 aromatic carbocycles. The van der Waals surface area contributed by atoms with Gasteiger partial charge in [-0.2, -0.15) is 0 Å². The van der Waals surface area contributed by atoms with Crippen LogP contribution in [0, 0.1) is 0 Å². The number of furan rings is 1. The number of amides is 3. The molecule has 1 fully saturated rings. The third-order valence-corrected chi connectivity index (χ3v) is 6.24. The first-order valence-corrected chi connectivity index (χ1v) is 12.1. The van der Waals surface area contributed by atoms with E-state index in [-0.39, 0.29) is 24.3 Å². The van der Waals surface area contributed by atoms with E-state index in [0.717, 1.165) is 32.1 Å². The largest absolute Gasteiger partial charge is 0.495 e. The van der Waals surface area contributed by atoms with Gasteiger partial charge in [0.2, 0.25) is 11.8 Å². The van der Waals surface area contributed by atoms with Gasteiger partial charge in [0.25, 0.3) is 5.91 Å². The van der Waals surface area contributed by atoms with Crippen LogP contribution < -0.4 is 20.3 Å². The minimum atomic E-state index is -1.00. The van der Waals surface area contributed by atoms with Crippen molar-refractivity contribution in [3.63, 3.8) is 0 Å². The maximum absolute atomic E-state index is 13.8. The van der Waals surface area contributed by atoms with E-state index in [9.17, 15) is 14.4 Å². The van der Waals surface area contributed by atoms with Gasteiger partial charge in [-0.1, -0.05) is 31.4 Å². The number of benzene rings is 1. The van der Waals surface area contributed by atoms with Crippen molar-refractivity contribution in [1.82, 2.24) is 15.6 Å². The lowest BCUT2D eigenvalue weighted by Crippen LogP contribution is -2.49. The third kappa shape index (κ3) is 5.91. The third-order valence-electron chi connectivity index (χ3n) is 6.24. The van der Waals surface area contributed by atoms with Gasteiger partial charge in [0.05, 0.1) is 25.6 Å². The van der Waals surface area contributed by atoms with E-state index in [4.69, 9.17) is 9.15 Å². The van der Waals surface area contributed by atoms with Gasteiger partial charge in [-0.15, -0.1) is 0 Å². The van der Waals surface area contributed by atoms with E-state index < -0.39 is 17.9 Å². The number of para-hydroxylation sites is 2. The summed E-state index contributed by atoms with van der Waals surface area (Å²) in [6, 6.07) is 12.6. The lowest BCUT2D eigenvalue weighted by atomic mass is 9.94. The molecular weight excluding hydrogens is 460 g/mol. The Balaban J connectivity index is 1.69. The predicted molar refractivity (Wildman–Crippen MR) is 134 cm³/mol. The Bertz CT molecular complexity index is 1160. The average Bonchev–Trinajstić information content (AvgIpc) is 3.46. The smallest absolute Gasteiger partial charge is 0.287 e. The van der Waals surface area contributed by atoms with Gasteiger partial charge in [-0.25, -0.2) is 0 Å². The van der Waals surface area contributed by atoms with Crippen LogP contribution in [0.5, 0.6) is 5.75 Å². The number of nitrogens with zero attached hydrogens (tertiary/aromatic N) is 2. The highest BCUT2D eigenvalue weighted by atomic mass is 16.5. The number of methoxy groups -OCH3 is 1. The number of hydrogen-bond donors (Lipinski definition) is 2. The van der Waals surface area contributed by atoms with Crippen molar-refractivity contribution >= 4 is 23.4 Å². The molecule has 9 nitrogen and oxygen atoms in total. The van der Waals surface area contributed by atoms with Crippen LogP contribution in [0.25, 0.3) is 0 Å². The van der Waals surface area contributed by atoms with Crippen LogP contribution in [0.2, 0.25) is 0 Å². The number of rotatable bonds is 9. The molecule has 0 bridgehead atoms. The zero-order valence-corrected chi connectivity index (χ0v) is 20.2. The summed E-state index contributed by atoms with van der Waals surface area (Å²) in [5.41, 5.74) is 1.01. The quantitative estimate of drug-likeness (QED) is 0.474. The van der Waals surface area contributed by atoms with Crippen LogP contribution in [0.15, 0.2) is 71.6 Å². The fourth-order valence-corrected chi connectivity index (χ4v) is 4.47. The number of carbonyl (C=O) groups is 3. The van der Waals surface area contributed by atoms with Crippen molar-refractivity contribution in [2.75, 3.05) is 18.6 Å². The number of aromatic nitrogens is 1. The molecule has 2 aromatic heterocycles. The summed E-state index contributed by atoms with van der Waals surface area (Å²) in [7, 11) is 1.50. The molecule has 4 rings (SSSR count). The molecular formula is C27H30N4O5. The Morgan fingerprint density at radius 1 is 1.06 bits per heavy atom. The van der Waals surface area contributed by atoms with Crippen LogP contribution >= 0.6 is 0 Å². The molecule has 1 aliphatic rings. The summed E-state index contributed by atoms with van der Waals surface area (Å²) >= 11 is 0. The van der Waals surface area contributed by atoms with Gasteiger partial charge in [-0.3, -0.25) is 24.3 Å². The number of hydrogen-bond acceptors (Lipinski definition) is 6. The standard InChI is InChI=1S/C27H30N4O5/c1-35-22-11-6-5-10-21(22)31(24(32)18-29-26(33)23-12-7-17-36-23)25(19-13-15-28-16-14-19)27(34)30-20-8-3-2-4-9-20/h5-7,10-17,20,25H,2-4,8-9,18H2,1H3,(H,29,33)(H,30,34)/t25-/m1/s1. The molecule has 188 valence electrons. The van der Waals surface area contributed by atoms with Gasteiger partial charge in [0, 0.05) is 18.4 Å². The topological polar surface area (TPSA) is 114 Å². The Hall–Kier alpha value is -4.14. The molecule has 0 saturated heterocycles. The van der Waals surface area contributed by atoms with Crippen LogP contribution in [0.4, 0.5) is 5.69 Å². The molecule has 0 aliphatic heterocycles. The predicted octanol–water partition coefficient (Wildman–Crippen LogP) is 3.64. The van der Waals surface area contributed by atoms with E-state index in [1.54, 1.807) is 54.9 Å². The maximum atomic E-state index is 13.8. The van der Waals surface area contributed by atoms with E-state index in [1.165, 1.54) is 24.3 Å². The van der Waals surface area contributed by atoms with E-state index in [2.05, 4.69) is 15.6 Å². The van der Waals surface area contributed by atoms with E-state index in [1.807, 2.05) is 0 Å². The number of ether oxygens (including phenoxy) is 1. The average molecular weight is 491 g/mol. The zero-order chi connectivity index (χ0) is 25.3. The highest BCUT2D eigenvalue weighted by Gasteiger charge is 2.35. The Morgan fingerprint density at radius 2 is 1.81 bits per heavy atom. The first-order chi connectivity index (χ1) is 17.6. The minimum Gasteiger partial charge on any atom is -0.495 e. The van der Waals surface area contributed by atoms with Crippen molar-refractivity contribution < 1.29 is 23.5 Å². The van der Waals surface area contributed by atoms with Gasteiger partial charge in [0.1, 0.15) is 11.8 Å². The fraction of sp³-hybridized carbons (Fsp3) is 0.333. The number of pyridine rings is 1. The zero-order valence-electron chi connectivity index (χ0n) is 20.2. The molecule has 0 spiro atoms. The van der Waals surface area contributed by atoms with Gasteiger partial charge in [0.15, 0.2) is 5.76 Å². The second-order valence-electron chi connectivity index (χ2n) is 8.62.